The minimum absolute atomic E-state index is 0.0571. The van der Waals surface area contributed by atoms with Crippen molar-refractivity contribution in [2.24, 2.45) is 0 Å². The quantitative estimate of drug-likeness (QED) is 0.587. The van der Waals surface area contributed by atoms with Gasteiger partial charge in [0.25, 0.3) is 5.69 Å². The monoisotopic (exact) mass is 384 g/mol. The number of benzene rings is 2. The molecule has 0 bridgehead atoms. The van der Waals surface area contributed by atoms with Crippen molar-refractivity contribution in [2.75, 3.05) is 23.4 Å². The molecular formula is C19H20N4O5. The first-order valence-electron chi connectivity index (χ1n) is 8.81. The molecule has 2 aromatic rings. The van der Waals surface area contributed by atoms with Gasteiger partial charge in [-0.3, -0.25) is 14.9 Å². The van der Waals surface area contributed by atoms with Crippen LogP contribution in [0.25, 0.3) is 0 Å². The van der Waals surface area contributed by atoms with E-state index in [1.807, 2.05) is 19.1 Å². The van der Waals surface area contributed by atoms with E-state index >= 15 is 0 Å². The van der Waals surface area contributed by atoms with Gasteiger partial charge in [0.1, 0.15) is 5.75 Å². The van der Waals surface area contributed by atoms with E-state index < -0.39 is 11.0 Å². The predicted molar refractivity (Wildman–Crippen MR) is 104 cm³/mol. The molecule has 1 aliphatic heterocycles. The average molecular weight is 384 g/mol. The van der Waals surface area contributed by atoms with E-state index in [1.165, 1.54) is 24.3 Å². The van der Waals surface area contributed by atoms with Crippen LogP contribution in [0.5, 0.6) is 5.75 Å². The molecule has 0 radical (unpaired) electrons. The van der Waals surface area contributed by atoms with E-state index in [4.69, 9.17) is 4.74 Å². The van der Waals surface area contributed by atoms with Crippen molar-refractivity contribution in [3.8, 4) is 5.75 Å². The van der Waals surface area contributed by atoms with Crippen LogP contribution in [0.4, 0.5) is 21.9 Å². The lowest BCUT2D eigenvalue weighted by Crippen LogP contribution is -2.39. The molecule has 1 heterocycles. The van der Waals surface area contributed by atoms with Crippen molar-refractivity contribution in [2.45, 2.75) is 19.4 Å². The molecule has 146 valence electrons. The lowest BCUT2D eigenvalue weighted by molar-refractivity contribution is -0.384. The summed E-state index contributed by atoms with van der Waals surface area (Å²) < 4.78 is 5.40. The third-order valence-electron chi connectivity index (χ3n) is 4.26. The number of amides is 3. The maximum absolute atomic E-state index is 12.3. The number of carbonyl (C=O) groups excluding carboxylic acids is 2. The zero-order chi connectivity index (χ0) is 20.1. The van der Waals surface area contributed by atoms with Crippen molar-refractivity contribution >= 4 is 29.0 Å². The zero-order valence-corrected chi connectivity index (χ0v) is 15.3. The Morgan fingerprint density at radius 2 is 1.89 bits per heavy atom. The molecule has 28 heavy (non-hydrogen) atoms. The van der Waals surface area contributed by atoms with Crippen LogP contribution in [-0.4, -0.2) is 36.1 Å². The van der Waals surface area contributed by atoms with E-state index in [-0.39, 0.29) is 24.1 Å². The van der Waals surface area contributed by atoms with E-state index in [0.717, 1.165) is 11.4 Å². The van der Waals surface area contributed by atoms with Gasteiger partial charge >= 0.3 is 6.03 Å². The molecule has 0 aromatic heterocycles. The highest BCUT2D eigenvalue weighted by Crippen LogP contribution is 2.24. The van der Waals surface area contributed by atoms with Crippen LogP contribution in [0.15, 0.2) is 48.5 Å². The Morgan fingerprint density at radius 1 is 1.21 bits per heavy atom. The zero-order valence-electron chi connectivity index (χ0n) is 15.3. The van der Waals surface area contributed by atoms with Crippen molar-refractivity contribution < 1.29 is 19.2 Å². The normalized spacial score (nSPS) is 16.0. The number of non-ortho nitro benzene ring substituents is 1. The number of ether oxygens (including phenoxy) is 1. The molecule has 1 unspecified atom stereocenters. The van der Waals surface area contributed by atoms with Crippen LogP contribution in [0, 0.1) is 10.1 Å². The maximum atomic E-state index is 12.3. The summed E-state index contributed by atoms with van der Waals surface area (Å²) in [5.74, 6) is 0.653. The highest BCUT2D eigenvalue weighted by Gasteiger charge is 2.31. The fourth-order valence-electron chi connectivity index (χ4n) is 2.96. The molecular weight excluding hydrogens is 364 g/mol. The number of carbonyl (C=O) groups is 2. The van der Waals surface area contributed by atoms with Crippen molar-refractivity contribution in [1.29, 1.82) is 0 Å². The Labute approximate surface area is 161 Å². The molecule has 2 aromatic carbocycles. The molecule has 0 aliphatic carbocycles. The Morgan fingerprint density at radius 3 is 2.50 bits per heavy atom. The van der Waals surface area contributed by atoms with E-state index in [2.05, 4.69) is 10.6 Å². The second kappa shape index (κ2) is 8.38. The first-order valence-corrected chi connectivity index (χ1v) is 8.81. The van der Waals surface area contributed by atoms with Gasteiger partial charge in [0.15, 0.2) is 0 Å². The lowest BCUT2D eigenvalue weighted by Gasteiger charge is -2.18. The number of nitro benzene ring substituents is 1. The van der Waals surface area contributed by atoms with Crippen LogP contribution in [0.2, 0.25) is 0 Å². The molecule has 0 saturated carbocycles. The summed E-state index contributed by atoms with van der Waals surface area (Å²) in [7, 11) is 0. The Kier molecular flexibility index (Phi) is 5.73. The summed E-state index contributed by atoms with van der Waals surface area (Å²) in [6, 6.07) is 11.9. The Hall–Kier alpha value is -3.62. The molecule has 2 N–H and O–H groups in total. The third kappa shape index (κ3) is 4.56. The predicted octanol–water partition coefficient (Wildman–Crippen LogP) is 2.92. The first-order chi connectivity index (χ1) is 13.5. The number of urea groups is 1. The fourth-order valence-corrected chi connectivity index (χ4v) is 2.96. The number of hydrogen-bond donors (Lipinski definition) is 2. The minimum Gasteiger partial charge on any atom is -0.494 e. The van der Waals surface area contributed by atoms with Gasteiger partial charge in [-0.2, -0.15) is 0 Å². The Balaban J connectivity index is 1.56. The first kappa shape index (κ1) is 19.2. The van der Waals surface area contributed by atoms with Gasteiger partial charge in [-0.25, -0.2) is 4.79 Å². The van der Waals surface area contributed by atoms with E-state index in [1.54, 1.807) is 17.0 Å². The van der Waals surface area contributed by atoms with Crippen molar-refractivity contribution in [1.82, 2.24) is 5.32 Å². The van der Waals surface area contributed by atoms with Crippen LogP contribution in [-0.2, 0) is 4.79 Å². The molecule has 9 nitrogen and oxygen atoms in total. The summed E-state index contributed by atoms with van der Waals surface area (Å²) >= 11 is 0. The van der Waals surface area contributed by atoms with Gasteiger partial charge in [0.2, 0.25) is 5.91 Å². The molecule has 3 amide bonds. The topological polar surface area (TPSA) is 114 Å². The number of rotatable bonds is 6. The van der Waals surface area contributed by atoms with Crippen molar-refractivity contribution in [3.63, 3.8) is 0 Å². The second-order valence-electron chi connectivity index (χ2n) is 6.23. The summed E-state index contributed by atoms with van der Waals surface area (Å²) in [6.07, 6.45) is 0.195. The minimum atomic E-state index is -0.510. The smallest absolute Gasteiger partial charge is 0.319 e. The SMILES string of the molecule is CCOc1ccc(N2CC(NC(=O)Nc3ccc([N+](=O)[O-])cc3)CC2=O)cc1. The molecule has 1 aliphatic rings. The summed E-state index contributed by atoms with van der Waals surface area (Å²) in [5, 5.41) is 16.0. The standard InChI is InChI=1S/C19H20N4O5/c1-2-28-17-9-7-15(8-10-17)22-12-14(11-18(22)24)21-19(25)20-13-3-5-16(6-4-13)23(26)27/h3-10,14H,2,11-12H2,1H3,(H2,20,21,25). The molecule has 0 spiro atoms. The number of nitro groups is 1. The van der Waals surface area contributed by atoms with Gasteiger partial charge in [0.05, 0.1) is 17.6 Å². The number of anilines is 2. The fraction of sp³-hybridized carbons (Fsp3) is 0.263. The van der Waals surface area contributed by atoms with Crippen molar-refractivity contribution in [3.05, 3.63) is 58.6 Å². The van der Waals surface area contributed by atoms with Crippen LogP contribution in [0.3, 0.4) is 0 Å². The summed E-state index contributed by atoms with van der Waals surface area (Å²) in [5.41, 5.74) is 1.11. The van der Waals surface area contributed by atoms with E-state index in [0.29, 0.717) is 18.8 Å². The number of nitrogens with one attached hydrogen (secondary N) is 2. The molecule has 3 rings (SSSR count). The summed E-state index contributed by atoms with van der Waals surface area (Å²) in [6.45, 7) is 2.83. The van der Waals surface area contributed by atoms with Gasteiger partial charge in [-0.1, -0.05) is 0 Å². The van der Waals surface area contributed by atoms with Gasteiger partial charge in [0, 0.05) is 36.5 Å². The van der Waals surface area contributed by atoms with Gasteiger partial charge < -0.3 is 20.3 Å². The van der Waals surface area contributed by atoms with Crippen LogP contribution in [0.1, 0.15) is 13.3 Å². The molecule has 1 fully saturated rings. The van der Waals surface area contributed by atoms with Gasteiger partial charge in [-0.15, -0.1) is 0 Å². The maximum Gasteiger partial charge on any atom is 0.319 e. The molecule has 9 heteroatoms. The molecule has 1 saturated heterocycles. The highest BCUT2D eigenvalue weighted by molar-refractivity contribution is 5.97. The third-order valence-corrected chi connectivity index (χ3v) is 4.26. The van der Waals surface area contributed by atoms with Gasteiger partial charge in [-0.05, 0) is 43.3 Å². The average Bonchev–Trinajstić information content (AvgIpc) is 3.03. The Bertz CT molecular complexity index is 867. The van der Waals surface area contributed by atoms with Crippen LogP contribution < -0.4 is 20.3 Å². The molecule has 1 atom stereocenters. The largest absolute Gasteiger partial charge is 0.494 e. The summed E-state index contributed by atoms with van der Waals surface area (Å²) in [4.78, 5) is 36.2. The number of hydrogen-bond acceptors (Lipinski definition) is 5. The number of nitrogens with zero attached hydrogens (tertiary/aromatic N) is 2. The highest BCUT2D eigenvalue weighted by atomic mass is 16.6. The second-order valence-corrected chi connectivity index (χ2v) is 6.23. The lowest BCUT2D eigenvalue weighted by atomic mass is 10.2. The van der Waals surface area contributed by atoms with Crippen LogP contribution >= 0.6 is 0 Å². The van der Waals surface area contributed by atoms with E-state index in [9.17, 15) is 19.7 Å².